The third kappa shape index (κ3) is 3.81. The Hall–Kier alpha value is -1.33. The van der Waals surface area contributed by atoms with E-state index in [1.807, 2.05) is 13.0 Å². The van der Waals surface area contributed by atoms with Crippen molar-refractivity contribution in [3.05, 3.63) is 17.9 Å². The largest absolute Gasteiger partial charge is 0.446 e. The first-order valence-electron chi connectivity index (χ1n) is 6.79. The number of aryl methyl sites for hydroxylation is 1. The van der Waals surface area contributed by atoms with Crippen molar-refractivity contribution in [3.8, 4) is 0 Å². The summed E-state index contributed by atoms with van der Waals surface area (Å²) in [6.07, 6.45) is 0.465. The first-order chi connectivity index (χ1) is 8.97. The van der Waals surface area contributed by atoms with Crippen LogP contribution in [0.3, 0.4) is 0 Å². The number of rotatable bonds is 4. The molecule has 0 spiro atoms. The summed E-state index contributed by atoms with van der Waals surface area (Å²) in [6.45, 7) is 10.0. The van der Waals surface area contributed by atoms with Crippen molar-refractivity contribution in [2.45, 2.75) is 32.7 Å². The minimum absolute atomic E-state index is 0.00196. The highest BCUT2D eigenvalue weighted by Crippen LogP contribution is 2.21. The zero-order chi connectivity index (χ0) is 13.9. The molecule has 1 saturated heterocycles. The van der Waals surface area contributed by atoms with Gasteiger partial charge in [0.05, 0.1) is 0 Å². The smallest absolute Gasteiger partial charge is 0.228 e. The number of amides is 1. The Morgan fingerprint density at radius 2 is 2.11 bits per heavy atom. The number of furan rings is 1. The number of nitrogens with zero attached hydrogens (tertiary/aromatic N) is 1. The maximum atomic E-state index is 12.1. The Morgan fingerprint density at radius 1 is 1.42 bits per heavy atom. The molecule has 1 aromatic heterocycles. The summed E-state index contributed by atoms with van der Waals surface area (Å²) in [5.41, 5.74) is -0.131. The van der Waals surface area contributed by atoms with E-state index in [1.165, 1.54) is 0 Å². The van der Waals surface area contributed by atoms with E-state index in [4.69, 9.17) is 4.42 Å². The zero-order valence-corrected chi connectivity index (χ0v) is 12.0. The van der Waals surface area contributed by atoms with E-state index in [0.717, 1.165) is 31.9 Å². The van der Waals surface area contributed by atoms with Crippen LogP contribution in [0.1, 0.15) is 26.0 Å². The van der Waals surface area contributed by atoms with E-state index in [2.05, 4.69) is 29.4 Å². The Morgan fingerprint density at radius 3 is 2.68 bits per heavy atom. The third-order valence-corrected chi connectivity index (χ3v) is 3.57. The second-order valence-corrected chi connectivity index (χ2v) is 5.68. The van der Waals surface area contributed by atoms with Crippen LogP contribution in [0.15, 0.2) is 16.5 Å². The Kier molecular flexibility index (Phi) is 4.27. The van der Waals surface area contributed by atoms with Crippen LogP contribution in [0, 0.1) is 6.92 Å². The molecule has 2 rings (SSSR count). The lowest BCUT2D eigenvalue weighted by molar-refractivity contribution is -0.118. The standard InChI is InChI=1S/C14H23N3O2/c1-11-4-5-13(19-11)16-12(18)10-14(2,3)17-8-6-15-7-9-17/h4-5,15H,6-10H2,1-3H3,(H,16,18). The number of nitrogens with one attached hydrogen (secondary N) is 2. The van der Waals surface area contributed by atoms with Gasteiger partial charge in [0.25, 0.3) is 0 Å². The van der Waals surface area contributed by atoms with Gasteiger partial charge in [-0.25, -0.2) is 0 Å². The first-order valence-corrected chi connectivity index (χ1v) is 6.79. The fourth-order valence-corrected chi connectivity index (χ4v) is 2.46. The molecule has 1 fully saturated rings. The first kappa shape index (κ1) is 14.1. The van der Waals surface area contributed by atoms with Crippen LogP contribution in [-0.4, -0.2) is 42.5 Å². The van der Waals surface area contributed by atoms with Crippen LogP contribution in [0.4, 0.5) is 5.88 Å². The van der Waals surface area contributed by atoms with Crippen molar-refractivity contribution in [1.29, 1.82) is 0 Å². The molecule has 1 aliphatic rings. The molecule has 0 bridgehead atoms. The summed E-state index contributed by atoms with van der Waals surface area (Å²) in [4.78, 5) is 14.4. The van der Waals surface area contributed by atoms with E-state index >= 15 is 0 Å². The average molecular weight is 265 g/mol. The Labute approximate surface area is 114 Å². The van der Waals surface area contributed by atoms with Gasteiger partial charge >= 0.3 is 0 Å². The molecule has 0 atom stereocenters. The van der Waals surface area contributed by atoms with Gasteiger partial charge in [0.2, 0.25) is 5.91 Å². The fraction of sp³-hybridized carbons (Fsp3) is 0.643. The molecule has 1 aliphatic heterocycles. The van der Waals surface area contributed by atoms with Crippen molar-refractivity contribution in [2.24, 2.45) is 0 Å². The normalized spacial score (nSPS) is 17.4. The summed E-state index contributed by atoms with van der Waals surface area (Å²) in [5.74, 6) is 1.33. The minimum Gasteiger partial charge on any atom is -0.446 e. The second kappa shape index (κ2) is 5.75. The Bertz CT molecular complexity index is 434. The average Bonchev–Trinajstić information content (AvgIpc) is 2.75. The molecule has 0 radical (unpaired) electrons. The molecule has 0 aromatic carbocycles. The van der Waals surface area contributed by atoms with Gasteiger partial charge in [-0.15, -0.1) is 0 Å². The molecular formula is C14H23N3O2. The fourth-order valence-electron chi connectivity index (χ4n) is 2.46. The topological polar surface area (TPSA) is 57.5 Å². The number of carbonyl (C=O) groups is 1. The van der Waals surface area contributed by atoms with Gasteiger partial charge in [0, 0.05) is 44.2 Å². The SMILES string of the molecule is Cc1ccc(NC(=O)CC(C)(C)N2CCNCC2)o1. The lowest BCUT2D eigenvalue weighted by Gasteiger charge is -2.40. The van der Waals surface area contributed by atoms with Crippen LogP contribution < -0.4 is 10.6 Å². The van der Waals surface area contributed by atoms with Gasteiger partial charge in [-0.05, 0) is 26.8 Å². The van der Waals surface area contributed by atoms with Crippen LogP contribution in [0.25, 0.3) is 0 Å². The van der Waals surface area contributed by atoms with Crippen LogP contribution in [-0.2, 0) is 4.79 Å². The van der Waals surface area contributed by atoms with Gasteiger partial charge in [-0.3, -0.25) is 15.0 Å². The van der Waals surface area contributed by atoms with E-state index in [0.29, 0.717) is 12.3 Å². The molecular weight excluding hydrogens is 242 g/mol. The van der Waals surface area contributed by atoms with Crippen molar-refractivity contribution >= 4 is 11.8 Å². The number of carbonyl (C=O) groups excluding carboxylic acids is 1. The molecule has 5 nitrogen and oxygen atoms in total. The molecule has 106 valence electrons. The molecule has 2 N–H and O–H groups in total. The van der Waals surface area contributed by atoms with Crippen molar-refractivity contribution in [3.63, 3.8) is 0 Å². The van der Waals surface area contributed by atoms with Crippen LogP contribution >= 0.6 is 0 Å². The molecule has 19 heavy (non-hydrogen) atoms. The van der Waals surface area contributed by atoms with E-state index in [-0.39, 0.29) is 11.4 Å². The number of hydrogen-bond acceptors (Lipinski definition) is 4. The second-order valence-electron chi connectivity index (χ2n) is 5.68. The number of piperazine rings is 1. The van der Waals surface area contributed by atoms with Gasteiger partial charge in [0.1, 0.15) is 5.76 Å². The highest BCUT2D eigenvalue weighted by molar-refractivity contribution is 5.90. The lowest BCUT2D eigenvalue weighted by Crippen LogP contribution is -2.54. The molecule has 5 heteroatoms. The summed E-state index contributed by atoms with van der Waals surface area (Å²) in [6, 6.07) is 3.63. The molecule has 2 heterocycles. The van der Waals surface area contributed by atoms with E-state index in [9.17, 15) is 4.79 Å². The summed E-state index contributed by atoms with van der Waals surface area (Å²) in [7, 11) is 0. The van der Waals surface area contributed by atoms with Crippen LogP contribution in [0.2, 0.25) is 0 Å². The van der Waals surface area contributed by atoms with Gasteiger partial charge in [-0.1, -0.05) is 0 Å². The third-order valence-electron chi connectivity index (χ3n) is 3.57. The predicted molar refractivity (Wildman–Crippen MR) is 75.2 cm³/mol. The van der Waals surface area contributed by atoms with Gasteiger partial charge < -0.3 is 9.73 Å². The van der Waals surface area contributed by atoms with Crippen molar-refractivity contribution in [1.82, 2.24) is 10.2 Å². The molecule has 1 amide bonds. The summed E-state index contributed by atoms with van der Waals surface area (Å²) in [5, 5.41) is 6.14. The summed E-state index contributed by atoms with van der Waals surface area (Å²) < 4.78 is 5.36. The molecule has 1 aromatic rings. The quantitative estimate of drug-likeness (QED) is 0.868. The number of anilines is 1. The minimum atomic E-state index is -0.131. The maximum absolute atomic E-state index is 12.1. The molecule has 0 aliphatic carbocycles. The highest BCUT2D eigenvalue weighted by Gasteiger charge is 2.30. The zero-order valence-electron chi connectivity index (χ0n) is 12.0. The monoisotopic (exact) mass is 265 g/mol. The van der Waals surface area contributed by atoms with E-state index in [1.54, 1.807) is 6.07 Å². The predicted octanol–water partition coefficient (Wildman–Crippen LogP) is 1.60. The van der Waals surface area contributed by atoms with Crippen LogP contribution in [0.5, 0.6) is 0 Å². The molecule has 0 saturated carbocycles. The van der Waals surface area contributed by atoms with Crippen molar-refractivity contribution < 1.29 is 9.21 Å². The summed E-state index contributed by atoms with van der Waals surface area (Å²) >= 11 is 0. The maximum Gasteiger partial charge on any atom is 0.228 e. The lowest BCUT2D eigenvalue weighted by atomic mass is 9.96. The van der Waals surface area contributed by atoms with E-state index < -0.39 is 0 Å². The number of hydrogen-bond donors (Lipinski definition) is 2. The van der Waals surface area contributed by atoms with Crippen molar-refractivity contribution in [2.75, 3.05) is 31.5 Å². The highest BCUT2D eigenvalue weighted by atomic mass is 16.4. The Balaban J connectivity index is 1.89. The van der Waals surface area contributed by atoms with Gasteiger partial charge in [-0.2, -0.15) is 0 Å². The molecule has 0 unspecified atom stereocenters. The van der Waals surface area contributed by atoms with Gasteiger partial charge in [0.15, 0.2) is 5.88 Å².